The van der Waals surface area contributed by atoms with Crippen molar-refractivity contribution in [2.45, 2.75) is 26.1 Å². The standard InChI is InChI=1S/C23H26N4O2/c1-26(15-18-8-3-2-4-9-18)13-7-12-24-22(28)16-27-23-19(14-25-27)17-29-21-11-6-5-10-20(21)23/h2-6,8-11,14H,7,12-13,15-17H2,1H3,(H,24,28). The highest BCUT2D eigenvalue weighted by Gasteiger charge is 2.22. The summed E-state index contributed by atoms with van der Waals surface area (Å²) in [5, 5.41) is 7.42. The van der Waals surface area contributed by atoms with Crippen molar-refractivity contribution in [2.75, 3.05) is 20.1 Å². The molecule has 0 spiro atoms. The van der Waals surface area contributed by atoms with E-state index in [1.54, 1.807) is 10.9 Å². The average molecular weight is 390 g/mol. The van der Waals surface area contributed by atoms with Crippen molar-refractivity contribution in [3.05, 3.63) is 71.9 Å². The van der Waals surface area contributed by atoms with Crippen molar-refractivity contribution in [1.82, 2.24) is 20.0 Å². The second-order valence-electron chi connectivity index (χ2n) is 7.39. The second-order valence-corrected chi connectivity index (χ2v) is 7.39. The zero-order valence-electron chi connectivity index (χ0n) is 16.7. The van der Waals surface area contributed by atoms with Crippen molar-refractivity contribution in [3.63, 3.8) is 0 Å². The van der Waals surface area contributed by atoms with Crippen molar-refractivity contribution in [2.24, 2.45) is 0 Å². The first-order valence-corrected chi connectivity index (χ1v) is 9.97. The van der Waals surface area contributed by atoms with Gasteiger partial charge in [0.05, 0.1) is 11.9 Å². The monoisotopic (exact) mass is 390 g/mol. The Balaban J connectivity index is 1.26. The Morgan fingerprint density at radius 3 is 2.83 bits per heavy atom. The number of amides is 1. The van der Waals surface area contributed by atoms with Gasteiger partial charge in [-0.1, -0.05) is 42.5 Å². The van der Waals surface area contributed by atoms with E-state index in [9.17, 15) is 4.79 Å². The maximum Gasteiger partial charge on any atom is 0.241 e. The van der Waals surface area contributed by atoms with Crippen molar-refractivity contribution in [1.29, 1.82) is 0 Å². The van der Waals surface area contributed by atoms with E-state index < -0.39 is 0 Å². The van der Waals surface area contributed by atoms with Gasteiger partial charge < -0.3 is 15.0 Å². The SMILES string of the molecule is CN(CCCNC(=O)Cn1ncc2c1-c1ccccc1OC2)Cc1ccccc1. The minimum Gasteiger partial charge on any atom is -0.488 e. The van der Waals surface area contributed by atoms with Gasteiger partial charge in [0.15, 0.2) is 0 Å². The van der Waals surface area contributed by atoms with Crippen LogP contribution in [0.25, 0.3) is 11.3 Å². The van der Waals surface area contributed by atoms with Gasteiger partial charge in [-0.25, -0.2) is 0 Å². The zero-order valence-corrected chi connectivity index (χ0v) is 16.7. The molecule has 6 nitrogen and oxygen atoms in total. The molecule has 1 amide bonds. The maximum atomic E-state index is 12.4. The minimum atomic E-state index is -0.0226. The van der Waals surface area contributed by atoms with Crippen molar-refractivity contribution in [3.8, 4) is 17.0 Å². The van der Waals surface area contributed by atoms with E-state index >= 15 is 0 Å². The molecular formula is C23H26N4O2. The molecule has 0 radical (unpaired) electrons. The van der Waals surface area contributed by atoms with E-state index in [1.165, 1.54) is 5.56 Å². The first-order chi connectivity index (χ1) is 14.2. The molecule has 1 N–H and O–H groups in total. The number of carbonyl (C=O) groups is 1. The van der Waals surface area contributed by atoms with Gasteiger partial charge in [-0.2, -0.15) is 5.10 Å². The van der Waals surface area contributed by atoms with E-state index in [0.29, 0.717) is 13.2 Å². The summed E-state index contributed by atoms with van der Waals surface area (Å²) in [6.07, 6.45) is 2.69. The van der Waals surface area contributed by atoms with Gasteiger partial charge in [0.25, 0.3) is 0 Å². The van der Waals surface area contributed by atoms with Gasteiger partial charge in [-0.3, -0.25) is 9.48 Å². The average Bonchev–Trinajstić information content (AvgIpc) is 3.15. The quantitative estimate of drug-likeness (QED) is 0.601. The number of ether oxygens (including phenoxy) is 1. The van der Waals surface area contributed by atoms with Crippen LogP contribution in [0.2, 0.25) is 0 Å². The van der Waals surface area contributed by atoms with E-state index in [0.717, 1.165) is 42.1 Å². The molecule has 2 aromatic carbocycles. The third-order valence-corrected chi connectivity index (χ3v) is 5.07. The third kappa shape index (κ3) is 4.66. The van der Waals surface area contributed by atoms with Gasteiger partial charge in [0, 0.05) is 24.2 Å². The predicted octanol–water partition coefficient (Wildman–Crippen LogP) is 3.08. The Kier molecular flexibility index (Phi) is 5.91. The zero-order chi connectivity index (χ0) is 20.1. The first kappa shape index (κ1) is 19.2. The molecule has 0 atom stereocenters. The van der Waals surface area contributed by atoms with Crippen LogP contribution in [0.5, 0.6) is 5.75 Å². The summed E-state index contributed by atoms with van der Waals surface area (Å²) in [5.41, 5.74) is 4.27. The van der Waals surface area contributed by atoms with Crippen LogP contribution in [0.4, 0.5) is 0 Å². The topological polar surface area (TPSA) is 59.4 Å². The molecule has 29 heavy (non-hydrogen) atoms. The Hall–Kier alpha value is -3.12. The molecule has 2 heterocycles. The van der Waals surface area contributed by atoms with Crippen molar-refractivity contribution < 1.29 is 9.53 Å². The summed E-state index contributed by atoms with van der Waals surface area (Å²) in [4.78, 5) is 14.7. The van der Waals surface area contributed by atoms with Crippen LogP contribution in [-0.2, 0) is 24.5 Å². The molecule has 150 valence electrons. The van der Waals surface area contributed by atoms with Gasteiger partial charge in [0.2, 0.25) is 5.91 Å². The molecule has 0 unspecified atom stereocenters. The lowest BCUT2D eigenvalue weighted by Crippen LogP contribution is -2.31. The van der Waals surface area contributed by atoms with Crippen LogP contribution >= 0.6 is 0 Å². The van der Waals surface area contributed by atoms with Crippen LogP contribution in [0.3, 0.4) is 0 Å². The first-order valence-electron chi connectivity index (χ1n) is 9.97. The Morgan fingerprint density at radius 2 is 1.97 bits per heavy atom. The number of nitrogens with zero attached hydrogens (tertiary/aromatic N) is 3. The van der Waals surface area contributed by atoms with Gasteiger partial charge in [0.1, 0.15) is 18.9 Å². The van der Waals surface area contributed by atoms with E-state index in [1.807, 2.05) is 30.3 Å². The fourth-order valence-electron chi connectivity index (χ4n) is 3.65. The van der Waals surface area contributed by atoms with E-state index in [2.05, 4.69) is 46.6 Å². The molecule has 0 saturated carbocycles. The van der Waals surface area contributed by atoms with Gasteiger partial charge in [-0.05, 0) is 37.7 Å². The molecule has 0 fully saturated rings. The largest absolute Gasteiger partial charge is 0.488 e. The fraction of sp³-hybridized carbons (Fsp3) is 0.304. The summed E-state index contributed by atoms with van der Waals surface area (Å²) < 4.78 is 7.53. The second kappa shape index (κ2) is 8.92. The lowest BCUT2D eigenvalue weighted by molar-refractivity contribution is -0.121. The lowest BCUT2D eigenvalue weighted by atomic mass is 10.0. The molecule has 1 aromatic heterocycles. The Bertz CT molecular complexity index is 968. The summed E-state index contributed by atoms with van der Waals surface area (Å²) in [7, 11) is 2.10. The highest BCUT2D eigenvalue weighted by molar-refractivity contribution is 5.78. The maximum absolute atomic E-state index is 12.4. The number of para-hydroxylation sites is 1. The predicted molar refractivity (Wildman–Crippen MR) is 112 cm³/mol. The Morgan fingerprint density at radius 1 is 1.17 bits per heavy atom. The Labute approximate surface area is 171 Å². The molecule has 6 heteroatoms. The van der Waals surface area contributed by atoms with Crippen molar-refractivity contribution >= 4 is 5.91 Å². The van der Waals surface area contributed by atoms with Crippen LogP contribution in [0.1, 0.15) is 17.5 Å². The minimum absolute atomic E-state index is 0.0226. The number of fused-ring (bicyclic) bond motifs is 3. The smallest absolute Gasteiger partial charge is 0.241 e. The molecular weight excluding hydrogens is 364 g/mol. The van der Waals surface area contributed by atoms with Gasteiger partial charge >= 0.3 is 0 Å². The van der Waals surface area contributed by atoms with Crippen LogP contribution < -0.4 is 10.1 Å². The number of hydrogen-bond donors (Lipinski definition) is 1. The number of nitrogens with one attached hydrogen (secondary N) is 1. The third-order valence-electron chi connectivity index (χ3n) is 5.07. The highest BCUT2D eigenvalue weighted by atomic mass is 16.5. The molecule has 4 rings (SSSR count). The number of hydrogen-bond acceptors (Lipinski definition) is 4. The molecule has 0 saturated heterocycles. The molecule has 3 aromatic rings. The number of benzene rings is 2. The normalized spacial score (nSPS) is 12.2. The summed E-state index contributed by atoms with van der Waals surface area (Å²) in [6.45, 7) is 3.19. The molecule has 1 aliphatic heterocycles. The lowest BCUT2D eigenvalue weighted by Gasteiger charge is -2.19. The number of aromatic nitrogens is 2. The van der Waals surface area contributed by atoms with Crippen LogP contribution in [-0.4, -0.2) is 40.7 Å². The molecule has 0 aliphatic carbocycles. The van der Waals surface area contributed by atoms with Gasteiger partial charge in [-0.15, -0.1) is 0 Å². The van der Waals surface area contributed by atoms with Crippen LogP contribution in [0.15, 0.2) is 60.8 Å². The molecule has 0 bridgehead atoms. The highest BCUT2D eigenvalue weighted by Crippen LogP contribution is 2.36. The number of carbonyl (C=O) groups excluding carboxylic acids is 1. The molecule has 1 aliphatic rings. The summed E-state index contributed by atoms with van der Waals surface area (Å²) in [5.74, 6) is 0.814. The fourth-order valence-corrected chi connectivity index (χ4v) is 3.65. The van der Waals surface area contributed by atoms with E-state index in [-0.39, 0.29) is 12.5 Å². The summed E-state index contributed by atoms with van der Waals surface area (Å²) in [6, 6.07) is 18.3. The summed E-state index contributed by atoms with van der Waals surface area (Å²) >= 11 is 0. The number of rotatable bonds is 8. The van der Waals surface area contributed by atoms with E-state index in [4.69, 9.17) is 4.74 Å². The van der Waals surface area contributed by atoms with Crippen LogP contribution in [0, 0.1) is 0 Å².